The van der Waals surface area contributed by atoms with Crippen molar-refractivity contribution in [2.45, 2.75) is 167 Å². The first-order chi connectivity index (χ1) is 45.5. The second-order valence-corrected chi connectivity index (χ2v) is 25.4. The third-order valence-corrected chi connectivity index (χ3v) is 17.1. The van der Waals surface area contributed by atoms with Crippen molar-refractivity contribution in [3.05, 3.63) is 211 Å². The Kier molecular flexibility index (Phi) is 11.9. The molecule has 1 saturated carbocycles. The van der Waals surface area contributed by atoms with Gasteiger partial charge in [0.05, 0.1) is 33.8 Å². The molecule has 6 nitrogen and oxygen atoms in total. The molecule has 0 unspecified atom stereocenters. The van der Waals surface area contributed by atoms with Gasteiger partial charge in [-0.1, -0.05) is 96.3 Å². The Hall–Kier alpha value is -7.44. The Morgan fingerprint density at radius 2 is 0.964 bits per heavy atom. The molecule has 6 heteroatoms. The van der Waals surface area contributed by atoms with Gasteiger partial charge in [0.15, 0.2) is 18.6 Å². The highest BCUT2D eigenvalue weighted by Crippen LogP contribution is 2.47. The zero-order chi connectivity index (χ0) is 71.6. The Morgan fingerprint density at radius 3 is 1.49 bits per heavy atom. The second kappa shape index (κ2) is 23.2. The molecule has 3 aromatic carbocycles. The van der Waals surface area contributed by atoms with E-state index in [1.165, 1.54) is 16.7 Å². The molecular formula is C78H91N6+3. The van der Waals surface area contributed by atoms with E-state index in [2.05, 4.69) is 31.2 Å². The van der Waals surface area contributed by atoms with Gasteiger partial charge in [-0.25, -0.2) is 13.7 Å². The molecule has 6 aromatic heterocycles. The molecule has 0 saturated heterocycles. The van der Waals surface area contributed by atoms with Crippen molar-refractivity contribution in [1.82, 2.24) is 15.0 Å². The van der Waals surface area contributed by atoms with Crippen molar-refractivity contribution in [2.24, 2.45) is 32.5 Å². The fraction of sp³-hybridized carbons (Fsp3) is 0.385. The van der Waals surface area contributed by atoms with Crippen LogP contribution in [0.4, 0.5) is 0 Å². The number of aryl methyl sites for hydroxylation is 12. The number of benzene rings is 3. The maximum Gasteiger partial charge on any atom is 0.213 e. The molecule has 9 aromatic rings. The number of fused-ring (bicyclic) bond motifs is 9. The first-order valence-corrected chi connectivity index (χ1v) is 30.0. The number of hydrogen-bond donors (Lipinski definition) is 0. The molecule has 13 rings (SSSR count). The third-order valence-electron chi connectivity index (χ3n) is 17.1. The zero-order valence-corrected chi connectivity index (χ0v) is 51.8. The summed E-state index contributed by atoms with van der Waals surface area (Å²) in [6, 6.07) is 29.6. The maximum atomic E-state index is 9.28. The van der Waals surface area contributed by atoms with Crippen LogP contribution >= 0.6 is 0 Å². The summed E-state index contributed by atoms with van der Waals surface area (Å²) in [5.74, 6) is -1.01. The molecule has 0 amide bonds. The van der Waals surface area contributed by atoms with E-state index < -0.39 is 44.6 Å². The van der Waals surface area contributed by atoms with Gasteiger partial charge < -0.3 is 0 Å². The largest absolute Gasteiger partial charge is 0.257 e. The molecule has 0 bridgehead atoms. The SMILES string of the molecule is [2H]C([2H])([2H])c1c[n+](C)c(-c2c(C)ccc3c2Cc2nc(C)ccc2-3)cc1C1([2H])CCCCC1.[2H]C([2H])([2H])c1cc(C)nc2c1-c1ccc(C)c(-c3cc(C([2H])([2H])C(C)(C)C)cc[n+]3C)c1C2.[2H]C([2H])([2H])c1cc(C)nc2c1-c1ccc(C)c(-c3cc(C([2H])([2H])C(C)C)cc[n+]3C)c1C2. The Labute approximate surface area is 522 Å². The van der Waals surface area contributed by atoms with Gasteiger partial charge in [0.2, 0.25) is 17.1 Å². The summed E-state index contributed by atoms with van der Waals surface area (Å²) >= 11 is 0. The van der Waals surface area contributed by atoms with E-state index in [4.69, 9.17) is 32.8 Å². The van der Waals surface area contributed by atoms with E-state index in [1.54, 1.807) is 18.3 Å². The molecule has 430 valence electrons. The van der Waals surface area contributed by atoms with Gasteiger partial charge in [-0.2, -0.15) is 0 Å². The summed E-state index contributed by atoms with van der Waals surface area (Å²) in [7, 11) is 5.85. The number of hydrogen-bond acceptors (Lipinski definition) is 3. The average molecular weight is 1130 g/mol. The van der Waals surface area contributed by atoms with Crippen LogP contribution in [0.3, 0.4) is 0 Å². The van der Waals surface area contributed by atoms with Gasteiger partial charge in [0.1, 0.15) is 21.1 Å². The summed E-state index contributed by atoms with van der Waals surface area (Å²) in [5, 5.41) is 0. The Balaban J connectivity index is 0.000000149. The monoisotopic (exact) mass is 1130 g/mol. The van der Waals surface area contributed by atoms with Crippen LogP contribution in [0.15, 0.2) is 110 Å². The molecule has 0 atom stereocenters. The van der Waals surface area contributed by atoms with E-state index in [0.29, 0.717) is 70.5 Å². The predicted molar refractivity (Wildman–Crippen MR) is 347 cm³/mol. The van der Waals surface area contributed by atoms with Crippen molar-refractivity contribution < 1.29 is 32.9 Å². The molecular weight excluding hydrogens is 1020 g/mol. The fourth-order valence-corrected chi connectivity index (χ4v) is 13.5. The van der Waals surface area contributed by atoms with Crippen molar-refractivity contribution >= 4 is 0 Å². The first-order valence-electron chi connectivity index (χ1n) is 37.0. The molecule has 4 aliphatic rings. The number of pyridine rings is 6. The molecule has 0 aliphatic heterocycles. The van der Waals surface area contributed by atoms with Crippen LogP contribution in [0.2, 0.25) is 0 Å². The lowest BCUT2D eigenvalue weighted by Gasteiger charge is -2.23. The highest BCUT2D eigenvalue weighted by atomic mass is 14.9. The predicted octanol–water partition coefficient (Wildman–Crippen LogP) is 17.0. The molecule has 0 N–H and O–H groups in total. The summed E-state index contributed by atoms with van der Waals surface area (Å²) in [6.07, 6.45) is 8.98. The quantitative estimate of drug-likeness (QED) is 0.149. The van der Waals surface area contributed by atoms with Crippen LogP contribution in [0, 0.1) is 73.4 Å². The van der Waals surface area contributed by atoms with Crippen molar-refractivity contribution in [3.63, 3.8) is 0 Å². The molecule has 0 spiro atoms. The number of aromatic nitrogens is 6. The molecule has 1 fully saturated rings. The summed E-state index contributed by atoms with van der Waals surface area (Å²) < 4.78 is 123. The minimum absolute atomic E-state index is 0.163. The van der Waals surface area contributed by atoms with E-state index in [9.17, 15) is 1.37 Å². The highest BCUT2D eigenvalue weighted by Gasteiger charge is 2.33. The van der Waals surface area contributed by atoms with Crippen molar-refractivity contribution in [3.8, 4) is 67.2 Å². The lowest BCUT2D eigenvalue weighted by Crippen LogP contribution is -2.32. The lowest BCUT2D eigenvalue weighted by molar-refractivity contribution is -0.660. The normalized spacial score (nSPS) is 17.4. The highest BCUT2D eigenvalue weighted by molar-refractivity contribution is 5.88. The van der Waals surface area contributed by atoms with Crippen LogP contribution in [-0.4, -0.2) is 15.0 Å². The summed E-state index contributed by atoms with van der Waals surface area (Å²) in [5.41, 5.74) is 25.8. The first kappa shape index (κ1) is 43.2. The van der Waals surface area contributed by atoms with E-state index in [1.807, 2.05) is 171 Å². The topological polar surface area (TPSA) is 50.3 Å². The van der Waals surface area contributed by atoms with Crippen LogP contribution in [0.25, 0.3) is 67.2 Å². The van der Waals surface area contributed by atoms with E-state index in [0.717, 1.165) is 132 Å². The van der Waals surface area contributed by atoms with Gasteiger partial charge in [-0.05, 0) is 201 Å². The van der Waals surface area contributed by atoms with Gasteiger partial charge >= 0.3 is 0 Å². The second-order valence-electron chi connectivity index (χ2n) is 25.4. The van der Waals surface area contributed by atoms with Crippen LogP contribution < -0.4 is 13.7 Å². The smallest absolute Gasteiger partial charge is 0.213 e. The molecule has 84 heavy (non-hydrogen) atoms. The Bertz CT molecular complexity index is 4680. The number of nitrogens with zero attached hydrogens (tertiary/aromatic N) is 6. The van der Waals surface area contributed by atoms with Crippen molar-refractivity contribution in [1.29, 1.82) is 0 Å². The van der Waals surface area contributed by atoms with Crippen LogP contribution in [0.5, 0.6) is 0 Å². The molecule has 6 heterocycles. The zero-order valence-electron chi connectivity index (χ0n) is 65.8. The lowest BCUT2D eigenvalue weighted by atomic mass is 9.82. The van der Waals surface area contributed by atoms with E-state index >= 15 is 0 Å². The van der Waals surface area contributed by atoms with Crippen LogP contribution in [-0.2, 0) is 53.2 Å². The standard InChI is InChI=1S/C27H31N2.C26H31N2.C25H29N2/c1-17-10-12-21-22-13-11-19(3)28-25(22)14-24(21)27(17)26-15-23(18(2)16-29(26)4)20-8-6-5-7-9-20;1-16-8-9-20-21(14-22-24(20)17(2)12-18(3)27-22)25(16)23-13-19(10-11-28(23)7)15-26(4,5)6;1-15(2)11-19-9-10-27(6)23(13-19)25-16(3)7-8-20-21(25)14-22-24(20)17(4)12-18(5)26-22/h10-13,15-16,20H,5-9,14H2,1-4H3;8-13H,14-15H2,1-7H3;7-10,12-13,15H,11,14H2,1-6H3/q3*+1/i2D3,20D;2D3,15D2;4D3,11D2. The average Bonchev–Trinajstić information content (AvgIpc) is 1.50. The Morgan fingerprint density at radius 1 is 0.500 bits per heavy atom. The summed E-state index contributed by atoms with van der Waals surface area (Å²) in [4.78, 5) is 14.2. The maximum absolute atomic E-state index is 9.28. The van der Waals surface area contributed by atoms with Gasteiger partial charge in [-0.15, -0.1) is 0 Å². The van der Waals surface area contributed by atoms with Gasteiger partial charge in [0.25, 0.3) is 0 Å². The van der Waals surface area contributed by atoms with E-state index in [-0.39, 0.29) is 5.92 Å². The fourth-order valence-electron chi connectivity index (χ4n) is 13.5. The minimum Gasteiger partial charge on any atom is -0.257 e. The molecule has 0 radical (unpaired) electrons. The molecule has 4 aliphatic carbocycles. The minimum atomic E-state index is -2.25. The summed E-state index contributed by atoms with van der Waals surface area (Å²) in [6.45, 7) is 14.7. The number of rotatable bonds is 7. The van der Waals surface area contributed by atoms with Crippen molar-refractivity contribution in [2.75, 3.05) is 0 Å². The van der Waals surface area contributed by atoms with Crippen LogP contribution in [0.1, 0.15) is 193 Å². The van der Waals surface area contributed by atoms with Gasteiger partial charge in [0, 0.05) is 108 Å². The third kappa shape index (κ3) is 11.5. The van der Waals surface area contributed by atoms with Gasteiger partial charge in [-0.3, -0.25) is 15.0 Å².